The highest BCUT2D eigenvalue weighted by molar-refractivity contribution is 8.02. The summed E-state index contributed by atoms with van der Waals surface area (Å²) >= 11 is 2.89. The Labute approximate surface area is 148 Å². The minimum absolute atomic E-state index is 0.224. The van der Waals surface area contributed by atoms with E-state index >= 15 is 0 Å². The number of amides is 2. The minimum Gasteiger partial charge on any atom is -0.341 e. The first-order chi connectivity index (χ1) is 11.2. The van der Waals surface area contributed by atoms with Crippen molar-refractivity contribution < 1.29 is 23.6 Å². The van der Waals surface area contributed by atoms with Gasteiger partial charge in [-0.1, -0.05) is 6.07 Å². The molecule has 0 saturated carbocycles. The third-order valence-corrected chi connectivity index (χ3v) is 8.85. The van der Waals surface area contributed by atoms with E-state index in [0.29, 0.717) is 0 Å². The van der Waals surface area contributed by atoms with Gasteiger partial charge < -0.3 is 19.6 Å². The Kier molecular flexibility index (Phi) is 4.59. The summed E-state index contributed by atoms with van der Waals surface area (Å²) < 4.78 is 16.4. The average Bonchev–Trinajstić information content (AvgIpc) is 3.09. The van der Waals surface area contributed by atoms with Crippen molar-refractivity contribution in [3.05, 3.63) is 22.4 Å². The van der Waals surface area contributed by atoms with Gasteiger partial charge in [-0.05, 0) is 25.3 Å². The fourth-order valence-corrected chi connectivity index (χ4v) is 7.61. The molecule has 1 aromatic rings. The lowest BCUT2D eigenvalue weighted by Gasteiger charge is -2.45. The van der Waals surface area contributed by atoms with E-state index < -0.39 is 24.2 Å². The van der Waals surface area contributed by atoms with Crippen LogP contribution in [0, 0.1) is 0 Å². The topological polar surface area (TPSA) is 95.9 Å². The molecule has 2 saturated heterocycles. The first kappa shape index (κ1) is 17.9. The van der Waals surface area contributed by atoms with Crippen LogP contribution in [0.3, 0.4) is 0 Å². The van der Waals surface area contributed by atoms with E-state index in [2.05, 4.69) is 5.32 Å². The summed E-state index contributed by atoms with van der Waals surface area (Å²) in [5.74, 6) is -1.48. The van der Waals surface area contributed by atoms with Crippen molar-refractivity contribution in [1.29, 1.82) is 0 Å². The number of hydrogen-bond donors (Lipinski definition) is 2. The molecule has 2 fully saturated rings. The molecule has 3 heterocycles. The van der Waals surface area contributed by atoms with Crippen LogP contribution < -0.4 is 5.32 Å². The van der Waals surface area contributed by atoms with Crippen LogP contribution in [-0.2, 0) is 25.1 Å². The van der Waals surface area contributed by atoms with Gasteiger partial charge in [-0.3, -0.25) is 14.2 Å². The third kappa shape index (κ3) is 2.93. The second-order valence-electron chi connectivity index (χ2n) is 6.28. The molecule has 0 aliphatic carbocycles. The summed E-state index contributed by atoms with van der Waals surface area (Å²) in [5, 5.41) is 4.29. The monoisotopic (exact) mass is 390 g/mol. The molecule has 0 spiro atoms. The van der Waals surface area contributed by atoms with Crippen molar-refractivity contribution in [2.75, 3.05) is 7.11 Å². The van der Waals surface area contributed by atoms with Crippen LogP contribution in [0.1, 0.15) is 18.7 Å². The fourth-order valence-electron chi connectivity index (χ4n) is 3.16. The van der Waals surface area contributed by atoms with Crippen LogP contribution in [0.2, 0.25) is 0 Å². The van der Waals surface area contributed by atoms with Gasteiger partial charge >= 0.3 is 7.60 Å². The molecule has 0 bridgehead atoms. The van der Waals surface area contributed by atoms with Gasteiger partial charge in [-0.25, -0.2) is 0 Å². The highest BCUT2D eigenvalue weighted by Gasteiger charge is 2.66. The van der Waals surface area contributed by atoms with E-state index in [-0.39, 0.29) is 23.6 Å². The second-order valence-corrected chi connectivity index (χ2v) is 11.1. The lowest BCUT2D eigenvalue weighted by atomic mass is 10.0. The predicted molar refractivity (Wildman–Crippen MR) is 92.9 cm³/mol. The summed E-state index contributed by atoms with van der Waals surface area (Å²) in [6.07, 6.45) is 0.224. The zero-order valence-corrected chi connectivity index (χ0v) is 16.0. The summed E-state index contributed by atoms with van der Waals surface area (Å²) in [7, 11) is -2.79. The Morgan fingerprint density at radius 2 is 2.25 bits per heavy atom. The number of carbonyl (C=O) groups excluding carboxylic acids is 2. The van der Waals surface area contributed by atoms with E-state index in [0.717, 1.165) is 4.88 Å². The molecule has 3 rings (SSSR count). The number of rotatable bonds is 5. The molecule has 0 radical (unpaired) electrons. The number of nitrogens with one attached hydrogen (secondary N) is 1. The van der Waals surface area contributed by atoms with Gasteiger partial charge in [0, 0.05) is 16.7 Å². The Balaban J connectivity index is 1.71. The molecule has 2 amide bonds. The van der Waals surface area contributed by atoms with Gasteiger partial charge in [-0.15, -0.1) is 23.1 Å². The predicted octanol–water partition coefficient (Wildman–Crippen LogP) is 1.63. The van der Waals surface area contributed by atoms with Crippen molar-refractivity contribution in [2.24, 2.45) is 0 Å². The number of fused-ring (bicyclic) bond motifs is 1. The first-order valence-electron chi connectivity index (χ1n) is 7.37. The van der Waals surface area contributed by atoms with Crippen LogP contribution in [0.5, 0.6) is 0 Å². The fraction of sp³-hybridized carbons (Fsp3) is 0.571. The zero-order chi connectivity index (χ0) is 17.7. The quantitative estimate of drug-likeness (QED) is 0.586. The van der Waals surface area contributed by atoms with E-state index in [1.54, 1.807) is 13.8 Å². The Bertz CT molecular complexity index is 708. The van der Waals surface area contributed by atoms with Crippen LogP contribution in [0.25, 0.3) is 0 Å². The normalized spacial score (nSPS) is 30.4. The molecule has 3 unspecified atom stereocenters. The molecule has 1 aromatic heterocycles. The summed E-state index contributed by atoms with van der Waals surface area (Å²) in [6.45, 7) is 3.61. The molecule has 132 valence electrons. The van der Waals surface area contributed by atoms with E-state index in [1.807, 2.05) is 17.5 Å². The van der Waals surface area contributed by atoms with Gasteiger partial charge in [0.15, 0.2) is 0 Å². The van der Waals surface area contributed by atoms with E-state index in [9.17, 15) is 19.0 Å². The smallest absolute Gasteiger partial charge is 0.341 e. The summed E-state index contributed by atoms with van der Waals surface area (Å²) in [5.41, 5.74) is 0. The van der Waals surface area contributed by atoms with Gasteiger partial charge in [0.1, 0.15) is 17.2 Å². The number of thioether (sulfide) groups is 1. The van der Waals surface area contributed by atoms with E-state index in [4.69, 9.17) is 4.52 Å². The number of thiophene rings is 1. The molecule has 0 aromatic carbocycles. The van der Waals surface area contributed by atoms with Crippen LogP contribution in [-0.4, -0.2) is 50.7 Å². The highest BCUT2D eigenvalue weighted by Crippen LogP contribution is 2.64. The molecular weight excluding hydrogens is 371 g/mol. The van der Waals surface area contributed by atoms with Crippen LogP contribution >= 0.6 is 30.7 Å². The van der Waals surface area contributed by atoms with Gasteiger partial charge in [0.2, 0.25) is 11.8 Å². The number of β-lactam (4-membered cyclic amide) rings is 1. The lowest BCUT2D eigenvalue weighted by molar-refractivity contribution is -0.149. The molecule has 2 aliphatic rings. The standard InChI is InChI=1S/C14H19N2O5PS2/c1-14(2)13(22(19,20)21-3)16-11(18)10(12(16)24-14)15-9(17)7-8-5-4-6-23-8/h4-6,10,12-13H,7H2,1-3H3,(H,15,17)(H,19,20)/t10?,12-,13?/m0/s1. The molecule has 7 nitrogen and oxygen atoms in total. The Hall–Kier alpha value is -0.860. The Morgan fingerprint density at radius 3 is 2.83 bits per heavy atom. The molecule has 2 N–H and O–H groups in total. The number of hydrogen-bond acceptors (Lipinski definition) is 6. The first-order valence-corrected chi connectivity index (χ1v) is 10.8. The maximum atomic E-state index is 12.5. The van der Waals surface area contributed by atoms with Gasteiger partial charge in [0.25, 0.3) is 0 Å². The lowest BCUT2D eigenvalue weighted by Crippen LogP contribution is -2.69. The van der Waals surface area contributed by atoms with Crippen LogP contribution in [0.15, 0.2) is 17.5 Å². The van der Waals surface area contributed by atoms with Crippen molar-refractivity contribution >= 4 is 42.5 Å². The number of carbonyl (C=O) groups is 2. The highest BCUT2D eigenvalue weighted by atomic mass is 32.2. The minimum atomic E-state index is -3.96. The van der Waals surface area contributed by atoms with Crippen molar-refractivity contribution in [1.82, 2.24) is 10.2 Å². The summed E-state index contributed by atoms with van der Waals surface area (Å²) in [4.78, 5) is 37.0. The maximum absolute atomic E-state index is 12.5. The molecular formula is C14H19N2O5PS2. The molecule has 4 atom stereocenters. The maximum Gasteiger partial charge on any atom is 0.351 e. The summed E-state index contributed by atoms with van der Waals surface area (Å²) in [6, 6.07) is 3.07. The van der Waals surface area contributed by atoms with Crippen molar-refractivity contribution in [3.63, 3.8) is 0 Å². The molecule has 24 heavy (non-hydrogen) atoms. The second kappa shape index (κ2) is 6.14. The zero-order valence-electron chi connectivity index (χ0n) is 13.5. The van der Waals surface area contributed by atoms with E-state index in [1.165, 1.54) is 35.1 Å². The SMILES string of the molecule is COP(=O)(O)C1N2C(=O)C(NC(=O)Cc3cccs3)[C@@H]2SC1(C)C. The van der Waals surface area contributed by atoms with Gasteiger partial charge in [0.05, 0.1) is 6.42 Å². The molecule has 2 aliphatic heterocycles. The van der Waals surface area contributed by atoms with Crippen molar-refractivity contribution in [3.8, 4) is 0 Å². The molecule has 10 heteroatoms. The van der Waals surface area contributed by atoms with Crippen molar-refractivity contribution in [2.45, 2.75) is 42.2 Å². The third-order valence-electron chi connectivity index (χ3n) is 4.19. The van der Waals surface area contributed by atoms with Crippen LogP contribution in [0.4, 0.5) is 0 Å². The Morgan fingerprint density at radius 1 is 1.54 bits per heavy atom. The van der Waals surface area contributed by atoms with Gasteiger partial charge in [-0.2, -0.15) is 0 Å². The average molecular weight is 390 g/mol. The number of nitrogens with zero attached hydrogens (tertiary/aromatic N) is 1. The largest absolute Gasteiger partial charge is 0.351 e.